The van der Waals surface area contributed by atoms with E-state index in [-0.39, 0.29) is 12.5 Å². The van der Waals surface area contributed by atoms with Gasteiger partial charge in [0.15, 0.2) is 0 Å². The standard InChI is InChI=1S/C27H34N2O5/c1-6-15-27(5,24(32)28-22(23(30)31)26(2,3)4)29-25(33)34-16-21-19-13-9-7-11-17(19)18-12-8-10-14-20(18)21/h7-14,21-22H,6,15-16H2,1-5H3,(H,28,32)(H,29,33)(H,30,31). The molecule has 2 aromatic rings. The molecule has 0 aromatic heterocycles. The fourth-order valence-electron chi connectivity index (χ4n) is 4.53. The summed E-state index contributed by atoms with van der Waals surface area (Å²) in [6, 6.07) is 15.0. The zero-order valence-electron chi connectivity index (χ0n) is 20.5. The number of fused-ring (bicyclic) bond motifs is 3. The lowest BCUT2D eigenvalue weighted by molar-refractivity contribution is -0.146. The summed E-state index contributed by atoms with van der Waals surface area (Å²) >= 11 is 0. The van der Waals surface area contributed by atoms with Crippen LogP contribution in [-0.4, -0.2) is 41.3 Å². The van der Waals surface area contributed by atoms with E-state index in [4.69, 9.17) is 4.74 Å². The van der Waals surface area contributed by atoms with Gasteiger partial charge in [0, 0.05) is 5.92 Å². The number of benzene rings is 2. The second-order valence-electron chi connectivity index (χ2n) is 10.1. The van der Waals surface area contributed by atoms with Gasteiger partial charge >= 0.3 is 12.1 Å². The molecule has 0 spiro atoms. The lowest BCUT2D eigenvalue weighted by atomic mass is 9.85. The molecule has 7 heteroatoms. The third kappa shape index (κ3) is 5.24. The highest BCUT2D eigenvalue weighted by atomic mass is 16.5. The topological polar surface area (TPSA) is 105 Å². The van der Waals surface area contributed by atoms with Crippen LogP contribution in [0.2, 0.25) is 0 Å². The summed E-state index contributed by atoms with van der Waals surface area (Å²) in [6.07, 6.45) is 0.232. The SMILES string of the molecule is CCCC(C)(NC(=O)OCC1c2ccccc2-c2ccccc21)C(=O)NC(C(=O)O)C(C)(C)C. The van der Waals surface area contributed by atoms with Crippen LogP contribution in [0.5, 0.6) is 0 Å². The summed E-state index contributed by atoms with van der Waals surface area (Å²) in [4.78, 5) is 37.6. The molecule has 7 nitrogen and oxygen atoms in total. The van der Waals surface area contributed by atoms with Gasteiger partial charge in [0.1, 0.15) is 18.2 Å². The van der Waals surface area contributed by atoms with Crippen LogP contribution in [-0.2, 0) is 14.3 Å². The molecule has 0 radical (unpaired) electrons. The highest BCUT2D eigenvalue weighted by molar-refractivity contribution is 5.92. The lowest BCUT2D eigenvalue weighted by Crippen LogP contribution is -2.61. The third-order valence-corrected chi connectivity index (χ3v) is 6.36. The van der Waals surface area contributed by atoms with E-state index in [9.17, 15) is 19.5 Å². The average molecular weight is 467 g/mol. The molecule has 2 unspecified atom stereocenters. The van der Waals surface area contributed by atoms with E-state index in [1.54, 1.807) is 27.7 Å². The first kappa shape index (κ1) is 25.3. The lowest BCUT2D eigenvalue weighted by Gasteiger charge is -2.34. The highest BCUT2D eigenvalue weighted by Crippen LogP contribution is 2.44. The van der Waals surface area contributed by atoms with Gasteiger partial charge in [-0.1, -0.05) is 82.6 Å². The van der Waals surface area contributed by atoms with Gasteiger partial charge in [-0.25, -0.2) is 9.59 Å². The number of amides is 2. The molecular weight excluding hydrogens is 432 g/mol. The fraction of sp³-hybridized carbons (Fsp3) is 0.444. The number of hydrogen-bond donors (Lipinski definition) is 3. The Labute approximate surface area is 200 Å². The van der Waals surface area contributed by atoms with Crippen molar-refractivity contribution in [1.29, 1.82) is 0 Å². The summed E-state index contributed by atoms with van der Waals surface area (Å²) in [6.45, 7) is 8.83. The average Bonchev–Trinajstić information content (AvgIpc) is 3.08. The number of carboxylic acids is 1. The number of carboxylic acid groups (broad SMARTS) is 1. The van der Waals surface area contributed by atoms with Gasteiger partial charge in [-0.2, -0.15) is 0 Å². The molecule has 0 fully saturated rings. The maximum atomic E-state index is 13.1. The molecule has 0 heterocycles. The largest absolute Gasteiger partial charge is 0.480 e. The summed E-state index contributed by atoms with van der Waals surface area (Å²) in [5.41, 5.74) is 2.45. The Morgan fingerprint density at radius 3 is 1.97 bits per heavy atom. The van der Waals surface area contributed by atoms with Crippen molar-refractivity contribution in [2.75, 3.05) is 6.61 Å². The first-order chi connectivity index (χ1) is 16.0. The molecule has 2 amide bonds. The van der Waals surface area contributed by atoms with Crippen molar-refractivity contribution in [2.24, 2.45) is 5.41 Å². The van der Waals surface area contributed by atoms with Gasteiger partial charge in [-0.05, 0) is 41.0 Å². The van der Waals surface area contributed by atoms with Crippen molar-refractivity contribution >= 4 is 18.0 Å². The van der Waals surface area contributed by atoms with Crippen LogP contribution >= 0.6 is 0 Å². The number of rotatable bonds is 8. The Morgan fingerprint density at radius 2 is 1.50 bits per heavy atom. The normalized spacial score (nSPS) is 15.4. The van der Waals surface area contributed by atoms with Crippen LogP contribution in [0.4, 0.5) is 4.79 Å². The first-order valence-corrected chi connectivity index (χ1v) is 11.6. The molecular formula is C27H34N2O5. The number of nitrogens with one attached hydrogen (secondary N) is 2. The van der Waals surface area contributed by atoms with Crippen molar-refractivity contribution in [2.45, 2.75) is 65.0 Å². The van der Waals surface area contributed by atoms with E-state index in [1.165, 1.54) is 0 Å². The second kappa shape index (κ2) is 9.87. The van der Waals surface area contributed by atoms with Gasteiger partial charge in [-0.3, -0.25) is 4.79 Å². The summed E-state index contributed by atoms with van der Waals surface area (Å²) < 4.78 is 5.61. The van der Waals surface area contributed by atoms with Crippen LogP contribution < -0.4 is 10.6 Å². The van der Waals surface area contributed by atoms with Crippen LogP contribution in [0.25, 0.3) is 11.1 Å². The van der Waals surface area contributed by atoms with Crippen LogP contribution in [0.3, 0.4) is 0 Å². The zero-order valence-corrected chi connectivity index (χ0v) is 20.5. The van der Waals surface area contributed by atoms with E-state index < -0.39 is 35.0 Å². The molecule has 0 aliphatic heterocycles. The van der Waals surface area contributed by atoms with Crippen LogP contribution in [0.1, 0.15) is 64.5 Å². The molecule has 34 heavy (non-hydrogen) atoms. The van der Waals surface area contributed by atoms with Crippen molar-refractivity contribution in [3.8, 4) is 11.1 Å². The predicted octanol–water partition coefficient (Wildman–Crippen LogP) is 4.70. The Morgan fingerprint density at radius 1 is 0.971 bits per heavy atom. The Kier molecular flexibility index (Phi) is 7.34. The number of alkyl carbamates (subject to hydrolysis) is 1. The van der Waals surface area contributed by atoms with Gasteiger partial charge in [0.05, 0.1) is 0 Å². The van der Waals surface area contributed by atoms with Gasteiger partial charge < -0.3 is 20.5 Å². The number of hydrogen-bond acceptors (Lipinski definition) is 4. The molecule has 2 aromatic carbocycles. The second-order valence-corrected chi connectivity index (χ2v) is 10.1. The van der Waals surface area contributed by atoms with Crippen LogP contribution in [0.15, 0.2) is 48.5 Å². The summed E-state index contributed by atoms with van der Waals surface area (Å²) in [7, 11) is 0. The minimum Gasteiger partial charge on any atom is -0.480 e. The Balaban J connectivity index is 1.72. The summed E-state index contributed by atoms with van der Waals surface area (Å²) in [5.74, 6) is -1.77. The minimum absolute atomic E-state index is 0.0957. The third-order valence-electron chi connectivity index (χ3n) is 6.36. The highest BCUT2D eigenvalue weighted by Gasteiger charge is 2.40. The monoisotopic (exact) mass is 466 g/mol. The van der Waals surface area contributed by atoms with E-state index in [0.717, 1.165) is 22.3 Å². The first-order valence-electron chi connectivity index (χ1n) is 11.6. The Bertz CT molecular complexity index is 1030. The summed E-state index contributed by atoms with van der Waals surface area (Å²) in [5, 5.41) is 14.9. The van der Waals surface area contributed by atoms with E-state index in [0.29, 0.717) is 12.8 Å². The number of carbonyl (C=O) groups is 3. The predicted molar refractivity (Wildman–Crippen MR) is 131 cm³/mol. The minimum atomic E-state index is -1.31. The molecule has 0 saturated heterocycles. The van der Waals surface area contributed by atoms with E-state index in [2.05, 4.69) is 22.8 Å². The molecule has 3 N–H and O–H groups in total. The fourth-order valence-corrected chi connectivity index (χ4v) is 4.53. The van der Waals surface area contributed by atoms with Crippen molar-refractivity contribution in [3.05, 3.63) is 59.7 Å². The van der Waals surface area contributed by atoms with E-state index in [1.807, 2.05) is 43.3 Å². The van der Waals surface area contributed by atoms with Gasteiger partial charge in [0.25, 0.3) is 0 Å². The number of ether oxygens (including phenoxy) is 1. The Hall–Kier alpha value is -3.35. The molecule has 1 aliphatic carbocycles. The quantitative estimate of drug-likeness (QED) is 0.523. The molecule has 0 saturated carbocycles. The number of aliphatic carboxylic acids is 1. The molecule has 2 atom stereocenters. The molecule has 3 rings (SSSR count). The maximum absolute atomic E-state index is 13.1. The van der Waals surface area contributed by atoms with Crippen molar-refractivity contribution in [3.63, 3.8) is 0 Å². The van der Waals surface area contributed by atoms with E-state index >= 15 is 0 Å². The van der Waals surface area contributed by atoms with Crippen molar-refractivity contribution < 1.29 is 24.2 Å². The zero-order chi connectivity index (χ0) is 25.1. The van der Waals surface area contributed by atoms with Gasteiger partial charge in [0.2, 0.25) is 5.91 Å². The molecule has 0 bridgehead atoms. The van der Waals surface area contributed by atoms with Gasteiger partial charge in [-0.15, -0.1) is 0 Å². The molecule has 182 valence electrons. The molecule has 1 aliphatic rings. The van der Waals surface area contributed by atoms with Crippen molar-refractivity contribution in [1.82, 2.24) is 10.6 Å². The number of carbonyl (C=O) groups excluding carboxylic acids is 2. The van der Waals surface area contributed by atoms with Crippen LogP contribution in [0, 0.1) is 5.41 Å². The maximum Gasteiger partial charge on any atom is 0.408 e. The smallest absolute Gasteiger partial charge is 0.408 e.